The van der Waals surface area contributed by atoms with Crippen molar-refractivity contribution in [3.05, 3.63) is 69.4 Å². The molecule has 0 saturated heterocycles. The van der Waals surface area contributed by atoms with Crippen molar-refractivity contribution < 1.29 is 14.0 Å². The number of Topliss-reactive ketones (excluding diaryl/α,β-unsaturated/α-hetero) is 1. The predicted octanol–water partition coefficient (Wildman–Crippen LogP) is 2.21. The third-order valence-electron chi connectivity index (χ3n) is 3.34. The van der Waals surface area contributed by atoms with Crippen LogP contribution < -0.4 is 10.7 Å². The lowest BCUT2D eigenvalue weighted by Gasteiger charge is -2.13. The Hall–Kier alpha value is -2.76. The Morgan fingerprint density at radius 2 is 1.91 bits per heavy atom. The summed E-state index contributed by atoms with van der Waals surface area (Å²) in [6.07, 6.45) is 1.41. The first-order valence-corrected chi connectivity index (χ1v) is 7.16. The molecule has 5 nitrogen and oxygen atoms in total. The Bertz CT molecular complexity index is 781. The van der Waals surface area contributed by atoms with Crippen LogP contribution in [0.1, 0.15) is 39.8 Å². The molecule has 0 fully saturated rings. The summed E-state index contributed by atoms with van der Waals surface area (Å²) in [5.41, 5.74) is 0.652. The summed E-state index contributed by atoms with van der Waals surface area (Å²) in [6.45, 7) is 3.38. The van der Waals surface area contributed by atoms with Crippen LogP contribution in [0.15, 0.2) is 41.3 Å². The fraction of sp³-hybridized carbons (Fsp3) is 0.235. The van der Waals surface area contributed by atoms with Crippen LogP contribution in [0.4, 0.5) is 4.39 Å². The van der Waals surface area contributed by atoms with E-state index in [0.717, 1.165) is 0 Å². The van der Waals surface area contributed by atoms with Gasteiger partial charge in [0.05, 0.1) is 0 Å². The molecule has 1 aromatic carbocycles. The van der Waals surface area contributed by atoms with E-state index >= 15 is 0 Å². The second-order valence-electron chi connectivity index (χ2n) is 5.40. The molecule has 0 unspecified atom stereocenters. The number of carbonyl (C=O) groups is 2. The molecule has 2 aromatic rings. The molecule has 0 spiro atoms. The van der Waals surface area contributed by atoms with Crippen LogP contribution in [0.2, 0.25) is 0 Å². The van der Waals surface area contributed by atoms with Gasteiger partial charge in [0.15, 0.2) is 11.2 Å². The molecule has 2 N–H and O–H groups in total. The lowest BCUT2D eigenvalue weighted by atomic mass is 10.0. The van der Waals surface area contributed by atoms with E-state index in [-0.39, 0.29) is 23.2 Å². The summed E-state index contributed by atoms with van der Waals surface area (Å²) < 4.78 is 12.8. The van der Waals surface area contributed by atoms with E-state index < -0.39 is 17.8 Å². The van der Waals surface area contributed by atoms with Crippen LogP contribution in [0.3, 0.4) is 0 Å². The Balaban J connectivity index is 2.00. The molecule has 0 radical (unpaired) electrons. The molecule has 1 amide bonds. The number of carbonyl (C=O) groups excluding carboxylic acids is 2. The summed E-state index contributed by atoms with van der Waals surface area (Å²) >= 11 is 0. The summed E-state index contributed by atoms with van der Waals surface area (Å²) in [7, 11) is 0. The third-order valence-corrected chi connectivity index (χ3v) is 3.34. The summed E-state index contributed by atoms with van der Waals surface area (Å²) in [5, 5.41) is 2.61. The van der Waals surface area contributed by atoms with Gasteiger partial charge in [0.1, 0.15) is 11.4 Å². The second-order valence-corrected chi connectivity index (χ2v) is 5.40. The van der Waals surface area contributed by atoms with Gasteiger partial charge in [0.2, 0.25) is 0 Å². The van der Waals surface area contributed by atoms with E-state index in [2.05, 4.69) is 10.3 Å². The van der Waals surface area contributed by atoms with Crippen LogP contribution in [0.5, 0.6) is 0 Å². The molecule has 6 heteroatoms. The molecule has 0 bridgehead atoms. The molecule has 23 heavy (non-hydrogen) atoms. The molecule has 1 aromatic heterocycles. The highest BCUT2D eigenvalue weighted by Gasteiger charge is 2.16. The largest absolute Gasteiger partial charge is 0.364 e. The number of hydrogen-bond acceptors (Lipinski definition) is 3. The van der Waals surface area contributed by atoms with E-state index in [0.29, 0.717) is 11.3 Å². The van der Waals surface area contributed by atoms with Gasteiger partial charge in [-0.15, -0.1) is 0 Å². The summed E-state index contributed by atoms with van der Waals surface area (Å²) in [5.74, 6) is -1.16. The highest BCUT2D eigenvalue weighted by molar-refractivity contribution is 5.97. The van der Waals surface area contributed by atoms with Crippen molar-refractivity contribution in [2.75, 3.05) is 0 Å². The predicted molar refractivity (Wildman–Crippen MR) is 84.1 cm³/mol. The molecule has 0 saturated carbocycles. The number of benzene rings is 1. The molecule has 120 valence electrons. The zero-order chi connectivity index (χ0) is 17.0. The first kappa shape index (κ1) is 16.6. The number of H-pyrrole nitrogens is 1. The molecule has 1 atom stereocenters. The van der Waals surface area contributed by atoms with E-state index in [4.69, 9.17) is 0 Å². The third kappa shape index (κ3) is 4.35. The minimum absolute atomic E-state index is 0.00307. The molecule has 0 aliphatic rings. The van der Waals surface area contributed by atoms with Gasteiger partial charge < -0.3 is 10.3 Å². The fourth-order valence-corrected chi connectivity index (χ4v) is 2.13. The quantitative estimate of drug-likeness (QED) is 0.830. The van der Waals surface area contributed by atoms with Crippen molar-refractivity contribution in [1.29, 1.82) is 0 Å². The standard InChI is InChI=1S/C17H17FN2O3/c1-10-7-16(22)14(9-19-10)17(23)20-11(2)8-15(21)12-3-5-13(18)6-4-12/h3-7,9,11H,8H2,1-2H3,(H,19,22)(H,20,23)/t11-/m0/s1. The minimum atomic E-state index is -0.536. The van der Waals surface area contributed by atoms with Crippen molar-refractivity contribution >= 4 is 11.7 Å². The topological polar surface area (TPSA) is 79.0 Å². The van der Waals surface area contributed by atoms with Crippen molar-refractivity contribution in [3.63, 3.8) is 0 Å². The van der Waals surface area contributed by atoms with Gasteiger partial charge in [-0.2, -0.15) is 0 Å². The molecule has 0 aliphatic carbocycles. The number of aromatic amines is 1. The maximum absolute atomic E-state index is 12.8. The van der Waals surface area contributed by atoms with Gasteiger partial charge in [-0.25, -0.2) is 4.39 Å². The average Bonchev–Trinajstić information content (AvgIpc) is 2.47. The van der Waals surface area contributed by atoms with Gasteiger partial charge in [-0.05, 0) is 38.1 Å². The molecule has 0 aliphatic heterocycles. The molecule has 2 rings (SSSR count). The van der Waals surface area contributed by atoms with Gasteiger partial charge in [-0.3, -0.25) is 14.4 Å². The van der Waals surface area contributed by atoms with E-state index in [1.807, 2.05) is 0 Å². The van der Waals surface area contributed by atoms with Crippen LogP contribution in [0.25, 0.3) is 0 Å². The summed E-state index contributed by atoms with van der Waals surface area (Å²) in [6, 6.07) is 6.10. The maximum atomic E-state index is 12.8. The lowest BCUT2D eigenvalue weighted by molar-refractivity contribution is 0.0917. The van der Waals surface area contributed by atoms with Crippen LogP contribution in [0, 0.1) is 12.7 Å². The number of amides is 1. The van der Waals surface area contributed by atoms with Gasteiger partial charge in [0, 0.05) is 36.0 Å². The number of ketones is 1. The molecular formula is C17H17FN2O3. The fourth-order valence-electron chi connectivity index (χ4n) is 2.13. The minimum Gasteiger partial charge on any atom is -0.364 e. The first-order chi connectivity index (χ1) is 10.9. The summed E-state index contributed by atoms with van der Waals surface area (Å²) in [4.78, 5) is 38.7. The highest BCUT2D eigenvalue weighted by atomic mass is 19.1. The Kier molecular flexibility index (Phi) is 5.05. The SMILES string of the molecule is Cc1cc(=O)c(C(=O)N[C@@H](C)CC(=O)c2ccc(F)cc2)c[nH]1. The number of hydrogen-bond donors (Lipinski definition) is 2. The number of pyridine rings is 1. The number of aryl methyl sites for hydroxylation is 1. The van der Waals surface area contributed by atoms with Crippen molar-refractivity contribution in [3.8, 4) is 0 Å². The maximum Gasteiger partial charge on any atom is 0.256 e. The number of aromatic nitrogens is 1. The van der Waals surface area contributed by atoms with Gasteiger partial charge in [-0.1, -0.05) is 0 Å². The second kappa shape index (κ2) is 7.00. The smallest absolute Gasteiger partial charge is 0.256 e. The van der Waals surface area contributed by atoms with Crippen molar-refractivity contribution in [2.45, 2.75) is 26.3 Å². The van der Waals surface area contributed by atoms with E-state index in [1.165, 1.54) is 36.5 Å². The number of rotatable bonds is 5. The normalized spacial score (nSPS) is 11.8. The van der Waals surface area contributed by atoms with E-state index in [1.54, 1.807) is 13.8 Å². The number of halogens is 1. The van der Waals surface area contributed by atoms with Crippen molar-refractivity contribution in [2.24, 2.45) is 0 Å². The van der Waals surface area contributed by atoms with Gasteiger partial charge >= 0.3 is 0 Å². The number of nitrogens with one attached hydrogen (secondary N) is 2. The van der Waals surface area contributed by atoms with Gasteiger partial charge in [0.25, 0.3) is 5.91 Å². The average molecular weight is 316 g/mol. The van der Waals surface area contributed by atoms with Crippen LogP contribution >= 0.6 is 0 Å². The Morgan fingerprint density at radius 1 is 1.26 bits per heavy atom. The van der Waals surface area contributed by atoms with E-state index in [9.17, 15) is 18.8 Å². The van der Waals surface area contributed by atoms with Crippen molar-refractivity contribution in [1.82, 2.24) is 10.3 Å². The molecule has 1 heterocycles. The zero-order valence-corrected chi connectivity index (χ0v) is 12.9. The Morgan fingerprint density at radius 3 is 2.52 bits per heavy atom. The van der Waals surface area contributed by atoms with Crippen LogP contribution in [-0.4, -0.2) is 22.7 Å². The monoisotopic (exact) mass is 316 g/mol. The lowest BCUT2D eigenvalue weighted by Crippen LogP contribution is -2.36. The van der Waals surface area contributed by atoms with Crippen LogP contribution in [-0.2, 0) is 0 Å². The highest BCUT2D eigenvalue weighted by Crippen LogP contribution is 2.08. The Labute approximate surface area is 132 Å². The first-order valence-electron chi connectivity index (χ1n) is 7.16. The zero-order valence-electron chi connectivity index (χ0n) is 12.9. The molecular weight excluding hydrogens is 299 g/mol.